The second-order valence-corrected chi connectivity index (χ2v) is 7.18. The summed E-state index contributed by atoms with van der Waals surface area (Å²) in [6, 6.07) is 14.0. The van der Waals surface area contributed by atoms with Gasteiger partial charge in [-0.3, -0.25) is 14.7 Å². The molecule has 0 radical (unpaired) electrons. The summed E-state index contributed by atoms with van der Waals surface area (Å²) in [4.78, 5) is 23.2. The van der Waals surface area contributed by atoms with Crippen LogP contribution in [0.1, 0.15) is 16.1 Å². The molecule has 2 aromatic heterocycles. The van der Waals surface area contributed by atoms with Crippen LogP contribution in [-0.2, 0) is 6.54 Å². The van der Waals surface area contributed by atoms with Crippen molar-refractivity contribution in [2.45, 2.75) is 6.54 Å². The topological polar surface area (TPSA) is 55.3 Å². The maximum absolute atomic E-state index is 14.1. The lowest BCUT2D eigenvalue weighted by Gasteiger charge is -2.20. The lowest BCUT2D eigenvalue weighted by molar-refractivity contribution is 0.0984. The number of nitrogens with zero attached hydrogens (tertiary/aromatic N) is 3. The molecule has 0 aliphatic carbocycles. The molecule has 0 unspecified atom stereocenters. The molecule has 29 heavy (non-hydrogen) atoms. The summed E-state index contributed by atoms with van der Waals surface area (Å²) in [7, 11) is 1.51. The van der Waals surface area contributed by atoms with Crippen LogP contribution in [0.5, 0.6) is 5.75 Å². The van der Waals surface area contributed by atoms with E-state index in [0.717, 1.165) is 17.4 Å². The van der Waals surface area contributed by atoms with Gasteiger partial charge < -0.3 is 4.74 Å². The Bertz CT molecular complexity index is 1180. The van der Waals surface area contributed by atoms with Crippen LogP contribution in [0, 0.1) is 11.6 Å². The van der Waals surface area contributed by atoms with Crippen molar-refractivity contribution < 1.29 is 18.3 Å². The standard InChI is InChI=1S/C21H15F2N3O2S/c1-28-16-7-4-5-13(9-16)20(27)26(12-15-6-2-3-8-24-15)21-25-19-17(23)10-14(22)11-18(19)29-21/h2-11H,12H2,1H3. The van der Waals surface area contributed by atoms with Crippen LogP contribution in [0.15, 0.2) is 60.8 Å². The van der Waals surface area contributed by atoms with Gasteiger partial charge in [0.15, 0.2) is 10.9 Å². The molecule has 0 N–H and O–H groups in total. The van der Waals surface area contributed by atoms with Crippen LogP contribution < -0.4 is 9.64 Å². The fraction of sp³-hybridized carbons (Fsp3) is 0.0952. The van der Waals surface area contributed by atoms with Gasteiger partial charge in [0.05, 0.1) is 24.0 Å². The van der Waals surface area contributed by atoms with E-state index in [1.807, 2.05) is 6.07 Å². The number of ether oxygens (including phenoxy) is 1. The van der Waals surface area contributed by atoms with E-state index in [4.69, 9.17) is 4.74 Å². The molecule has 0 atom stereocenters. The Hall–Kier alpha value is -3.39. The van der Waals surface area contributed by atoms with E-state index in [1.54, 1.807) is 42.6 Å². The van der Waals surface area contributed by atoms with Gasteiger partial charge in [-0.25, -0.2) is 13.8 Å². The number of hydrogen-bond acceptors (Lipinski definition) is 5. The number of pyridine rings is 1. The summed E-state index contributed by atoms with van der Waals surface area (Å²) >= 11 is 1.04. The lowest BCUT2D eigenvalue weighted by atomic mass is 10.2. The first-order valence-electron chi connectivity index (χ1n) is 8.66. The molecule has 146 valence electrons. The Morgan fingerprint density at radius 2 is 2.00 bits per heavy atom. The average molecular weight is 411 g/mol. The number of anilines is 1. The van der Waals surface area contributed by atoms with Gasteiger partial charge in [0.25, 0.3) is 5.91 Å². The van der Waals surface area contributed by atoms with Crippen molar-refractivity contribution in [1.82, 2.24) is 9.97 Å². The van der Waals surface area contributed by atoms with Crippen LogP contribution in [0.25, 0.3) is 10.2 Å². The summed E-state index contributed by atoms with van der Waals surface area (Å²) < 4.78 is 33.3. The second kappa shape index (κ2) is 7.92. The number of rotatable bonds is 5. The zero-order valence-corrected chi connectivity index (χ0v) is 16.1. The summed E-state index contributed by atoms with van der Waals surface area (Å²) in [5.74, 6) is -1.28. The highest BCUT2D eigenvalue weighted by Crippen LogP contribution is 2.33. The predicted octanol–water partition coefficient (Wildman–Crippen LogP) is 4.83. The quantitative estimate of drug-likeness (QED) is 0.472. The number of hydrogen-bond donors (Lipinski definition) is 0. The zero-order valence-electron chi connectivity index (χ0n) is 15.3. The third kappa shape index (κ3) is 3.93. The van der Waals surface area contributed by atoms with E-state index in [1.165, 1.54) is 18.1 Å². The van der Waals surface area contributed by atoms with E-state index >= 15 is 0 Å². The molecule has 2 aromatic carbocycles. The first-order valence-corrected chi connectivity index (χ1v) is 9.48. The minimum atomic E-state index is -0.769. The number of carbonyl (C=O) groups excluding carboxylic acids is 1. The molecule has 0 saturated carbocycles. The van der Waals surface area contributed by atoms with Crippen LogP contribution in [-0.4, -0.2) is 23.0 Å². The molecule has 0 saturated heterocycles. The van der Waals surface area contributed by atoms with Gasteiger partial charge in [-0.05, 0) is 36.4 Å². The van der Waals surface area contributed by atoms with Gasteiger partial charge in [0.1, 0.15) is 17.1 Å². The highest BCUT2D eigenvalue weighted by atomic mass is 32.1. The Kier molecular flexibility index (Phi) is 5.18. The van der Waals surface area contributed by atoms with Gasteiger partial charge in [0.2, 0.25) is 0 Å². The molecule has 2 heterocycles. The lowest BCUT2D eigenvalue weighted by Crippen LogP contribution is -2.30. The maximum atomic E-state index is 14.1. The molecule has 0 aliphatic heterocycles. The Labute approximate surface area is 169 Å². The molecule has 0 fully saturated rings. The highest BCUT2D eigenvalue weighted by molar-refractivity contribution is 7.22. The highest BCUT2D eigenvalue weighted by Gasteiger charge is 2.23. The smallest absolute Gasteiger partial charge is 0.260 e. The molecule has 0 aliphatic rings. The fourth-order valence-corrected chi connectivity index (χ4v) is 3.86. The van der Waals surface area contributed by atoms with Crippen molar-refractivity contribution in [3.05, 3.63) is 83.7 Å². The van der Waals surface area contributed by atoms with Crippen LogP contribution >= 0.6 is 11.3 Å². The van der Waals surface area contributed by atoms with Gasteiger partial charge in [-0.1, -0.05) is 23.5 Å². The number of carbonyl (C=O) groups is 1. The number of amides is 1. The minimum Gasteiger partial charge on any atom is -0.497 e. The van der Waals surface area contributed by atoms with Crippen LogP contribution in [0.2, 0.25) is 0 Å². The van der Waals surface area contributed by atoms with Gasteiger partial charge in [-0.2, -0.15) is 0 Å². The maximum Gasteiger partial charge on any atom is 0.260 e. The number of aromatic nitrogens is 2. The molecule has 8 heteroatoms. The van der Waals surface area contributed by atoms with E-state index in [-0.39, 0.29) is 23.1 Å². The molecule has 0 spiro atoms. The third-order valence-electron chi connectivity index (χ3n) is 4.24. The predicted molar refractivity (Wildman–Crippen MR) is 107 cm³/mol. The summed E-state index contributed by atoms with van der Waals surface area (Å²) in [6.45, 7) is 0.126. The van der Waals surface area contributed by atoms with Crippen molar-refractivity contribution in [1.29, 1.82) is 0 Å². The van der Waals surface area contributed by atoms with Crippen molar-refractivity contribution in [2.24, 2.45) is 0 Å². The third-order valence-corrected chi connectivity index (χ3v) is 5.27. The Balaban J connectivity index is 1.79. The van der Waals surface area contributed by atoms with E-state index in [2.05, 4.69) is 9.97 Å². The molecular formula is C21H15F2N3O2S. The molecule has 4 aromatic rings. The van der Waals surface area contributed by atoms with E-state index in [0.29, 0.717) is 21.7 Å². The van der Waals surface area contributed by atoms with Gasteiger partial charge >= 0.3 is 0 Å². The summed E-state index contributed by atoms with van der Waals surface area (Å²) in [5.41, 5.74) is 1.04. The number of methoxy groups -OCH3 is 1. The molecular weight excluding hydrogens is 396 g/mol. The first-order chi connectivity index (χ1) is 14.0. The minimum absolute atomic E-state index is 0.0239. The molecule has 1 amide bonds. The van der Waals surface area contributed by atoms with Crippen LogP contribution in [0.3, 0.4) is 0 Å². The summed E-state index contributed by atoms with van der Waals surface area (Å²) in [5, 5.41) is 0.253. The SMILES string of the molecule is COc1cccc(C(=O)N(Cc2ccccn2)c2nc3c(F)cc(F)cc3s2)c1. The van der Waals surface area contributed by atoms with Crippen LogP contribution in [0.4, 0.5) is 13.9 Å². The number of halogens is 2. The van der Waals surface area contributed by atoms with E-state index < -0.39 is 11.6 Å². The monoisotopic (exact) mass is 411 g/mol. The summed E-state index contributed by atoms with van der Waals surface area (Å²) in [6.07, 6.45) is 1.62. The second-order valence-electron chi connectivity index (χ2n) is 6.18. The zero-order chi connectivity index (χ0) is 20.4. The number of thiazole rings is 1. The van der Waals surface area contributed by atoms with Crippen molar-refractivity contribution in [3.63, 3.8) is 0 Å². The number of benzene rings is 2. The van der Waals surface area contributed by atoms with Gasteiger partial charge in [-0.15, -0.1) is 0 Å². The van der Waals surface area contributed by atoms with Gasteiger partial charge in [0, 0.05) is 17.8 Å². The molecule has 0 bridgehead atoms. The Morgan fingerprint density at radius 3 is 2.76 bits per heavy atom. The fourth-order valence-electron chi connectivity index (χ4n) is 2.85. The first kappa shape index (κ1) is 18.9. The molecule has 4 rings (SSSR count). The number of fused-ring (bicyclic) bond motifs is 1. The van der Waals surface area contributed by atoms with Crippen molar-refractivity contribution in [3.8, 4) is 5.75 Å². The normalized spacial score (nSPS) is 10.9. The largest absolute Gasteiger partial charge is 0.497 e. The average Bonchev–Trinajstić information content (AvgIpc) is 3.16. The molecule has 5 nitrogen and oxygen atoms in total. The van der Waals surface area contributed by atoms with Crippen molar-refractivity contribution in [2.75, 3.05) is 12.0 Å². The van der Waals surface area contributed by atoms with E-state index in [9.17, 15) is 13.6 Å². The Morgan fingerprint density at radius 1 is 1.14 bits per heavy atom. The van der Waals surface area contributed by atoms with Crippen molar-refractivity contribution >= 4 is 32.6 Å².